The molecule has 0 aliphatic carbocycles. The first-order valence-corrected chi connectivity index (χ1v) is 8.50. The second-order valence-electron chi connectivity index (χ2n) is 6.69. The fraction of sp³-hybridized carbons (Fsp3) is 0.526. The van der Waals surface area contributed by atoms with Crippen LogP contribution in [-0.4, -0.2) is 37.1 Å². The molecule has 0 radical (unpaired) electrons. The van der Waals surface area contributed by atoms with Gasteiger partial charge in [0.25, 0.3) is 0 Å². The summed E-state index contributed by atoms with van der Waals surface area (Å²) in [7, 11) is 0. The maximum absolute atomic E-state index is 10.6. The molecule has 0 saturated carbocycles. The Balaban J connectivity index is 1.68. The number of benzene rings is 1. The van der Waals surface area contributed by atoms with Crippen molar-refractivity contribution in [2.45, 2.75) is 38.7 Å². The van der Waals surface area contributed by atoms with E-state index in [9.17, 15) is 4.79 Å². The predicted octanol–water partition coefficient (Wildman–Crippen LogP) is 2.67. The number of rotatable bonds is 4. The Labute approximate surface area is 147 Å². The van der Waals surface area contributed by atoms with Gasteiger partial charge in [0.15, 0.2) is 0 Å². The second-order valence-corrected chi connectivity index (χ2v) is 6.69. The molecule has 0 aromatic heterocycles. The molecule has 1 atom stereocenters. The fourth-order valence-corrected chi connectivity index (χ4v) is 3.16. The van der Waals surface area contributed by atoms with E-state index in [1.807, 2.05) is 24.3 Å². The summed E-state index contributed by atoms with van der Waals surface area (Å²) in [6.07, 6.45) is 1.02. The van der Waals surface area contributed by atoms with E-state index in [4.69, 9.17) is 19.3 Å². The summed E-state index contributed by atoms with van der Waals surface area (Å²) in [6.45, 7) is 5.76. The van der Waals surface area contributed by atoms with Gasteiger partial charge in [-0.1, -0.05) is 25.2 Å². The first kappa shape index (κ1) is 17.7. The SMILES string of the molecule is CCCC12COC(c3ccc(C#CC(C)NC(=O)O)cc3)(OC1)OC2. The van der Waals surface area contributed by atoms with Crippen LogP contribution in [0.1, 0.15) is 37.8 Å². The van der Waals surface area contributed by atoms with Crippen LogP contribution in [0.15, 0.2) is 24.3 Å². The van der Waals surface area contributed by atoms with E-state index in [1.54, 1.807) is 6.92 Å². The lowest BCUT2D eigenvalue weighted by molar-refractivity contribution is -0.480. The molecule has 1 unspecified atom stereocenters. The minimum Gasteiger partial charge on any atom is -0.465 e. The molecule has 6 heteroatoms. The number of hydrogen-bond donors (Lipinski definition) is 2. The largest absolute Gasteiger partial charge is 0.465 e. The Morgan fingerprint density at radius 3 is 2.36 bits per heavy atom. The summed E-state index contributed by atoms with van der Waals surface area (Å²) >= 11 is 0. The van der Waals surface area contributed by atoms with Gasteiger partial charge in [-0.3, -0.25) is 0 Å². The van der Waals surface area contributed by atoms with Crippen LogP contribution in [0.4, 0.5) is 4.79 Å². The summed E-state index contributed by atoms with van der Waals surface area (Å²) < 4.78 is 17.8. The lowest BCUT2D eigenvalue weighted by atomic mass is 9.83. The molecule has 3 aliphatic heterocycles. The molecule has 4 rings (SSSR count). The Kier molecular flexibility index (Phi) is 5.00. The second kappa shape index (κ2) is 7.04. The number of amides is 1. The van der Waals surface area contributed by atoms with E-state index in [-0.39, 0.29) is 5.41 Å². The number of nitrogens with one attached hydrogen (secondary N) is 1. The molecule has 2 N–H and O–H groups in total. The Morgan fingerprint density at radius 1 is 1.24 bits per heavy atom. The van der Waals surface area contributed by atoms with Crippen molar-refractivity contribution < 1.29 is 24.1 Å². The highest BCUT2D eigenvalue weighted by Gasteiger charge is 2.53. The first-order chi connectivity index (χ1) is 12.0. The maximum atomic E-state index is 10.6. The molecule has 1 aromatic carbocycles. The molecule has 2 bridgehead atoms. The number of carbonyl (C=O) groups is 1. The smallest absolute Gasteiger partial charge is 0.405 e. The minimum atomic E-state index is -1.11. The molecular weight excluding hydrogens is 322 g/mol. The van der Waals surface area contributed by atoms with Crippen LogP contribution >= 0.6 is 0 Å². The number of fused-ring (bicyclic) bond motifs is 3. The van der Waals surface area contributed by atoms with Crippen molar-refractivity contribution in [2.75, 3.05) is 19.8 Å². The lowest BCUT2D eigenvalue weighted by Gasteiger charge is -2.51. The maximum Gasteiger partial charge on any atom is 0.405 e. The van der Waals surface area contributed by atoms with Gasteiger partial charge in [0.1, 0.15) is 0 Å². The van der Waals surface area contributed by atoms with Gasteiger partial charge in [-0.15, -0.1) is 0 Å². The van der Waals surface area contributed by atoms with E-state index in [0.717, 1.165) is 24.0 Å². The number of carboxylic acid groups (broad SMARTS) is 1. The third-order valence-electron chi connectivity index (χ3n) is 4.50. The van der Waals surface area contributed by atoms with Crippen LogP contribution in [0.25, 0.3) is 0 Å². The van der Waals surface area contributed by atoms with Crippen LogP contribution in [-0.2, 0) is 20.2 Å². The average molecular weight is 345 g/mol. The van der Waals surface area contributed by atoms with Crippen molar-refractivity contribution in [3.8, 4) is 11.8 Å². The van der Waals surface area contributed by atoms with Crippen LogP contribution in [0.3, 0.4) is 0 Å². The van der Waals surface area contributed by atoms with Gasteiger partial charge in [0.2, 0.25) is 0 Å². The van der Waals surface area contributed by atoms with Gasteiger partial charge in [-0.05, 0) is 37.6 Å². The molecule has 134 valence electrons. The molecular formula is C19H23NO5. The van der Waals surface area contributed by atoms with E-state index in [1.165, 1.54) is 0 Å². The third-order valence-corrected chi connectivity index (χ3v) is 4.50. The molecule has 0 spiro atoms. The molecule has 3 aliphatic rings. The van der Waals surface area contributed by atoms with Crippen molar-refractivity contribution in [3.63, 3.8) is 0 Å². The average Bonchev–Trinajstić information content (AvgIpc) is 2.61. The highest BCUT2D eigenvalue weighted by atomic mass is 16.9. The summed E-state index contributed by atoms with van der Waals surface area (Å²) in [5, 5.41) is 10.9. The van der Waals surface area contributed by atoms with Gasteiger partial charge in [0.05, 0.1) is 25.9 Å². The van der Waals surface area contributed by atoms with Gasteiger partial charge in [-0.2, -0.15) is 0 Å². The van der Waals surface area contributed by atoms with Gasteiger partial charge in [-0.25, -0.2) is 4.79 Å². The topological polar surface area (TPSA) is 77.0 Å². The molecule has 3 heterocycles. The summed E-state index contributed by atoms with van der Waals surface area (Å²) in [6, 6.07) is 7.01. The van der Waals surface area contributed by atoms with Crippen LogP contribution in [0.2, 0.25) is 0 Å². The zero-order valence-electron chi connectivity index (χ0n) is 14.5. The van der Waals surface area contributed by atoms with Crippen LogP contribution in [0.5, 0.6) is 0 Å². The van der Waals surface area contributed by atoms with Gasteiger partial charge >= 0.3 is 12.1 Å². The zero-order chi connectivity index (χ0) is 17.9. The van der Waals surface area contributed by atoms with E-state index < -0.39 is 18.1 Å². The molecule has 1 aromatic rings. The number of ether oxygens (including phenoxy) is 3. The summed E-state index contributed by atoms with van der Waals surface area (Å²) in [4.78, 5) is 10.6. The van der Waals surface area contributed by atoms with Crippen LogP contribution in [0, 0.1) is 17.3 Å². The first-order valence-electron chi connectivity index (χ1n) is 8.50. The van der Waals surface area contributed by atoms with E-state index in [0.29, 0.717) is 19.8 Å². The van der Waals surface area contributed by atoms with Gasteiger partial charge < -0.3 is 24.6 Å². The van der Waals surface area contributed by atoms with Crippen molar-refractivity contribution in [3.05, 3.63) is 35.4 Å². The highest BCUT2D eigenvalue weighted by molar-refractivity contribution is 5.65. The zero-order valence-corrected chi connectivity index (χ0v) is 14.5. The summed E-state index contributed by atoms with van der Waals surface area (Å²) in [5.41, 5.74) is 1.57. The lowest BCUT2D eigenvalue weighted by Crippen LogP contribution is -2.58. The quantitative estimate of drug-likeness (QED) is 0.821. The molecule has 3 fully saturated rings. The Hall–Kier alpha value is -2.07. The molecule has 3 saturated heterocycles. The third kappa shape index (κ3) is 3.79. The van der Waals surface area contributed by atoms with Crippen molar-refractivity contribution >= 4 is 6.09 Å². The molecule has 25 heavy (non-hydrogen) atoms. The molecule has 1 amide bonds. The van der Waals surface area contributed by atoms with Gasteiger partial charge in [0, 0.05) is 16.5 Å². The van der Waals surface area contributed by atoms with Crippen molar-refractivity contribution in [1.29, 1.82) is 0 Å². The van der Waals surface area contributed by atoms with Crippen LogP contribution < -0.4 is 5.32 Å². The summed E-state index contributed by atoms with van der Waals surface area (Å²) in [5.74, 6) is 4.68. The Morgan fingerprint density at radius 2 is 1.84 bits per heavy atom. The Bertz CT molecular complexity index is 663. The fourth-order valence-electron chi connectivity index (χ4n) is 3.16. The van der Waals surface area contributed by atoms with Crippen molar-refractivity contribution in [2.24, 2.45) is 5.41 Å². The van der Waals surface area contributed by atoms with Crippen molar-refractivity contribution in [1.82, 2.24) is 5.32 Å². The predicted molar refractivity (Wildman–Crippen MR) is 90.8 cm³/mol. The minimum absolute atomic E-state index is 0.0187. The monoisotopic (exact) mass is 345 g/mol. The van der Waals surface area contributed by atoms with E-state index in [2.05, 4.69) is 24.1 Å². The number of hydrogen-bond acceptors (Lipinski definition) is 4. The normalized spacial score (nSPS) is 28.7. The standard InChI is InChI=1S/C19H23NO5/c1-3-10-18-11-23-19(24-12-18,25-13-18)16-8-6-15(7-9-16)5-4-14(2)20-17(21)22/h6-9,14,20H,3,10-13H2,1-2H3,(H,21,22). The molecule has 6 nitrogen and oxygen atoms in total. The van der Waals surface area contributed by atoms with E-state index >= 15 is 0 Å². The highest BCUT2D eigenvalue weighted by Crippen LogP contribution is 2.46.